The number of fused-ring (bicyclic) bond motifs is 1. The van der Waals surface area contributed by atoms with Gasteiger partial charge in [0, 0.05) is 29.5 Å². The molecule has 0 aliphatic heterocycles. The Kier molecular flexibility index (Phi) is 9.17. The number of aryl methyl sites for hydroxylation is 1. The van der Waals surface area contributed by atoms with Crippen LogP contribution >= 0.6 is 15.9 Å². The number of carbonyl (C=O) groups is 1. The van der Waals surface area contributed by atoms with Crippen molar-refractivity contribution in [3.05, 3.63) is 94.2 Å². The van der Waals surface area contributed by atoms with Crippen LogP contribution in [0.4, 0.5) is 0 Å². The van der Waals surface area contributed by atoms with Gasteiger partial charge in [-0.1, -0.05) is 54.0 Å². The van der Waals surface area contributed by atoms with Gasteiger partial charge in [0.1, 0.15) is 11.6 Å². The number of amides is 1. The summed E-state index contributed by atoms with van der Waals surface area (Å²) in [5.41, 5.74) is 4.14. The lowest BCUT2D eigenvalue weighted by molar-refractivity contribution is 0.0954. The Balaban J connectivity index is 1.29. The maximum Gasteiger partial charge on any atom is 0.251 e. The minimum atomic E-state index is -0.0699. The molecular weight excluding hydrogens is 514 g/mol. The fourth-order valence-electron chi connectivity index (χ4n) is 4.25. The van der Waals surface area contributed by atoms with Crippen molar-refractivity contribution >= 4 is 32.9 Å². The summed E-state index contributed by atoms with van der Waals surface area (Å²) in [6, 6.07) is 24.1. The van der Waals surface area contributed by atoms with Crippen LogP contribution in [0, 0.1) is 0 Å². The van der Waals surface area contributed by atoms with Crippen molar-refractivity contribution in [2.45, 2.75) is 52.0 Å². The Bertz CT molecular complexity index is 1270. The first-order chi connectivity index (χ1) is 17.5. The highest BCUT2D eigenvalue weighted by atomic mass is 79.9. The van der Waals surface area contributed by atoms with Crippen molar-refractivity contribution in [3.8, 4) is 5.75 Å². The maximum absolute atomic E-state index is 12.5. The molecule has 0 saturated carbocycles. The number of imidazole rings is 1. The lowest BCUT2D eigenvalue weighted by atomic mass is 9.99. The lowest BCUT2D eigenvalue weighted by Crippen LogP contribution is -2.26. The molecule has 4 aromatic rings. The molecule has 0 bridgehead atoms. The summed E-state index contributed by atoms with van der Waals surface area (Å²) in [6.45, 7) is 6.55. The van der Waals surface area contributed by atoms with Crippen molar-refractivity contribution in [1.29, 1.82) is 0 Å². The summed E-state index contributed by atoms with van der Waals surface area (Å²) >= 11 is 3.40. The molecule has 0 spiro atoms. The molecule has 1 aromatic heterocycles. The minimum Gasteiger partial charge on any atom is -0.494 e. The molecule has 5 nitrogen and oxygen atoms in total. The summed E-state index contributed by atoms with van der Waals surface area (Å²) in [6.07, 6.45) is 3.77. The zero-order chi connectivity index (χ0) is 25.3. The zero-order valence-corrected chi connectivity index (χ0v) is 22.6. The number of aromatic nitrogens is 2. The molecule has 6 heteroatoms. The number of para-hydroxylation sites is 2. The van der Waals surface area contributed by atoms with E-state index in [1.54, 1.807) is 0 Å². The highest BCUT2D eigenvalue weighted by Crippen LogP contribution is 2.22. The Morgan fingerprint density at radius 2 is 1.78 bits per heavy atom. The Morgan fingerprint density at radius 1 is 1.03 bits per heavy atom. The van der Waals surface area contributed by atoms with Crippen LogP contribution < -0.4 is 10.1 Å². The van der Waals surface area contributed by atoms with Gasteiger partial charge in [-0.05, 0) is 79.3 Å². The minimum absolute atomic E-state index is 0.0699. The number of unbranched alkanes of at least 4 members (excludes halogenated alkanes) is 1. The van der Waals surface area contributed by atoms with Crippen molar-refractivity contribution < 1.29 is 9.53 Å². The summed E-state index contributed by atoms with van der Waals surface area (Å²) in [5, 5.41) is 3.02. The van der Waals surface area contributed by atoms with Crippen LogP contribution in [0.2, 0.25) is 0 Å². The third-order valence-corrected chi connectivity index (χ3v) is 7.11. The summed E-state index contributed by atoms with van der Waals surface area (Å²) in [5.74, 6) is 2.43. The third-order valence-electron chi connectivity index (χ3n) is 6.58. The first-order valence-electron chi connectivity index (χ1n) is 12.8. The molecule has 0 aliphatic carbocycles. The number of nitrogens with one attached hydrogen (secondary N) is 1. The fraction of sp³-hybridized carbons (Fsp3) is 0.333. The molecule has 0 saturated heterocycles. The predicted octanol–water partition coefficient (Wildman–Crippen LogP) is 7.14. The predicted molar refractivity (Wildman–Crippen MR) is 150 cm³/mol. The number of halogens is 1. The van der Waals surface area contributed by atoms with E-state index in [1.165, 1.54) is 5.56 Å². The summed E-state index contributed by atoms with van der Waals surface area (Å²) < 4.78 is 9.21. The molecule has 4 rings (SSSR count). The van der Waals surface area contributed by atoms with Crippen LogP contribution in [0.5, 0.6) is 5.75 Å². The number of ether oxygens (including phenoxy) is 1. The molecule has 3 aromatic carbocycles. The molecule has 1 unspecified atom stereocenters. The number of hydrogen-bond acceptors (Lipinski definition) is 3. The lowest BCUT2D eigenvalue weighted by Gasteiger charge is -2.12. The second kappa shape index (κ2) is 12.7. The van der Waals surface area contributed by atoms with E-state index >= 15 is 0 Å². The molecule has 1 atom stereocenters. The van der Waals surface area contributed by atoms with E-state index in [2.05, 4.69) is 70.0 Å². The molecule has 0 aliphatic rings. The van der Waals surface area contributed by atoms with Gasteiger partial charge in [0.15, 0.2) is 0 Å². The number of rotatable bonds is 12. The van der Waals surface area contributed by atoms with Crippen molar-refractivity contribution in [3.63, 3.8) is 0 Å². The molecule has 1 heterocycles. The van der Waals surface area contributed by atoms with E-state index in [0.717, 1.165) is 52.9 Å². The van der Waals surface area contributed by atoms with Gasteiger partial charge in [-0.15, -0.1) is 0 Å². The molecule has 0 fully saturated rings. The topological polar surface area (TPSA) is 56.1 Å². The van der Waals surface area contributed by atoms with Gasteiger partial charge in [-0.25, -0.2) is 4.98 Å². The van der Waals surface area contributed by atoms with Crippen LogP contribution in [0.3, 0.4) is 0 Å². The number of carbonyl (C=O) groups excluding carboxylic acids is 1. The summed E-state index contributed by atoms with van der Waals surface area (Å²) in [7, 11) is 0. The molecule has 0 radical (unpaired) electrons. The van der Waals surface area contributed by atoms with Gasteiger partial charge < -0.3 is 14.6 Å². The van der Waals surface area contributed by atoms with Crippen LogP contribution in [0.1, 0.15) is 60.8 Å². The first kappa shape index (κ1) is 26.0. The molecule has 36 heavy (non-hydrogen) atoms. The van der Waals surface area contributed by atoms with Crippen LogP contribution in [0.25, 0.3) is 11.0 Å². The SMILES string of the molecule is CCC(C)c1ccc(OCCCCn2c(CCNC(=O)c3ccc(Br)cc3)nc3ccccc32)cc1. The van der Waals surface area contributed by atoms with E-state index in [1.807, 2.05) is 42.5 Å². The molecule has 1 amide bonds. The average molecular weight is 549 g/mol. The Hall–Kier alpha value is -3.12. The average Bonchev–Trinajstić information content (AvgIpc) is 3.26. The van der Waals surface area contributed by atoms with E-state index in [-0.39, 0.29) is 5.91 Å². The van der Waals surface area contributed by atoms with Crippen molar-refractivity contribution in [2.75, 3.05) is 13.2 Å². The highest BCUT2D eigenvalue weighted by Gasteiger charge is 2.11. The van der Waals surface area contributed by atoms with Crippen LogP contribution in [-0.2, 0) is 13.0 Å². The van der Waals surface area contributed by atoms with Gasteiger partial charge in [-0.3, -0.25) is 4.79 Å². The smallest absolute Gasteiger partial charge is 0.251 e. The highest BCUT2D eigenvalue weighted by molar-refractivity contribution is 9.10. The molecule has 188 valence electrons. The zero-order valence-electron chi connectivity index (χ0n) is 21.0. The second-order valence-corrected chi connectivity index (χ2v) is 10.0. The van der Waals surface area contributed by atoms with Crippen LogP contribution in [-0.4, -0.2) is 28.6 Å². The fourth-order valence-corrected chi connectivity index (χ4v) is 4.51. The third kappa shape index (κ3) is 6.76. The monoisotopic (exact) mass is 547 g/mol. The first-order valence-corrected chi connectivity index (χ1v) is 13.5. The quantitative estimate of drug-likeness (QED) is 0.192. The second-order valence-electron chi connectivity index (χ2n) is 9.12. The number of benzene rings is 3. The maximum atomic E-state index is 12.5. The van der Waals surface area contributed by atoms with Crippen LogP contribution in [0.15, 0.2) is 77.3 Å². The molecular formula is C30H34BrN3O2. The van der Waals surface area contributed by atoms with Gasteiger partial charge in [0.25, 0.3) is 5.91 Å². The standard InChI is InChI=1S/C30H34BrN3O2/c1-3-22(2)23-12-16-26(17-13-23)36-21-7-6-20-34-28-9-5-4-8-27(28)33-29(34)18-19-32-30(35)24-10-14-25(31)15-11-24/h4-5,8-17,22H,3,6-7,18-21H2,1-2H3,(H,32,35). The summed E-state index contributed by atoms with van der Waals surface area (Å²) in [4.78, 5) is 17.3. The van der Waals surface area contributed by atoms with E-state index in [9.17, 15) is 4.79 Å². The number of nitrogens with zero attached hydrogens (tertiary/aromatic N) is 2. The van der Waals surface area contributed by atoms with Gasteiger partial charge in [-0.2, -0.15) is 0 Å². The van der Waals surface area contributed by atoms with Gasteiger partial charge >= 0.3 is 0 Å². The van der Waals surface area contributed by atoms with E-state index < -0.39 is 0 Å². The van der Waals surface area contributed by atoms with E-state index in [4.69, 9.17) is 9.72 Å². The van der Waals surface area contributed by atoms with E-state index in [0.29, 0.717) is 31.1 Å². The molecule has 1 N–H and O–H groups in total. The Morgan fingerprint density at radius 3 is 2.53 bits per heavy atom. The van der Waals surface area contributed by atoms with Crippen molar-refractivity contribution in [1.82, 2.24) is 14.9 Å². The van der Waals surface area contributed by atoms with Gasteiger partial charge in [0.05, 0.1) is 17.6 Å². The normalized spacial score (nSPS) is 12.0. The number of hydrogen-bond donors (Lipinski definition) is 1. The largest absolute Gasteiger partial charge is 0.494 e. The Labute approximate surface area is 222 Å². The van der Waals surface area contributed by atoms with Crippen molar-refractivity contribution in [2.24, 2.45) is 0 Å². The van der Waals surface area contributed by atoms with Gasteiger partial charge in [0.2, 0.25) is 0 Å².